The van der Waals surface area contributed by atoms with E-state index in [2.05, 4.69) is 21.3 Å². The second-order valence-corrected chi connectivity index (χ2v) is 3.64. The Balaban J connectivity index is 2.17. The van der Waals surface area contributed by atoms with E-state index in [0.717, 1.165) is 38.6 Å². The summed E-state index contributed by atoms with van der Waals surface area (Å²) in [5, 5.41) is 3.39. The molecule has 2 heterocycles. The van der Waals surface area contributed by atoms with E-state index in [9.17, 15) is 0 Å². The first-order chi connectivity index (χ1) is 7.42. The third kappa shape index (κ3) is 2.46. The molecule has 0 radical (unpaired) electrons. The molecular weight excluding hydrogens is 190 g/mol. The van der Waals surface area contributed by atoms with E-state index in [1.165, 1.54) is 5.56 Å². The lowest BCUT2D eigenvalue weighted by molar-refractivity contribution is 0.205. The van der Waals surface area contributed by atoms with Crippen LogP contribution in [-0.4, -0.2) is 38.3 Å². The number of fused-ring (bicyclic) bond motifs is 1. The highest BCUT2D eigenvalue weighted by atomic mass is 16.5. The summed E-state index contributed by atoms with van der Waals surface area (Å²) < 4.78 is 5.11. The molecule has 15 heavy (non-hydrogen) atoms. The van der Waals surface area contributed by atoms with E-state index in [4.69, 9.17) is 4.74 Å². The van der Waals surface area contributed by atoms with E-state index < -0.39 is 0 Å². The predicted octanol–water partition coefficient (Wildman–Crippen LogP) is 0.638. The van der Waals surface area contributed by atoms with Crippen molar-refractivity contribution in [1.82, 2.24) is 10.3 Å². The van der Waals surface area contributed by atoms with Crippen molar-refractivity contribution < 1.29 is 4.74 Å². The van der Waals surface area contributed by atoms with Gasteiger partial charge in [-0.3, -0.25) is 0 Å². The number of aromatic nitrogens is 1. The first-order valence-corrected chi connectivity index (χ1v) is 5.30. The molecule has 0 atom stereocenters. The second-order valence-electron chi connectivity index (χ2n) is 3.64. The molecule has 0 unspecified atom stereocenters. The van der Waals surface area contributed by atoms with Crippen LogP contribution in [0, 0.1) is 0 Å². The van der Waals surface area contributed by atoms with Crippen LogP contribution < -0.4 is 10.2 Å². The lowest BCUT2D eigenvalue weighted by atomic mass is 10.2. The van der Waals surface area contributed by atoms with Gasteiger partial charge in [0.2, 0.25) is 0 Å². The van der Waals surface area contributed by atoms with E-state index in [1.54, 1.807) is 7.11 Å². The van der Waals surface area contributed by atoms with Crippen molar-refractivity contribution >= 4 is 5.82 Å². The van der Waals surface area contributed by atoms with Gasteiger partial charge in [-0.25, -0.2) is 4.98 Å². The topological polar surface area (TPSA) is 37.4 Å². The van der Waals surface area contributed by atoms with Gasteiger partial charge in [0, 0.05) is 45.0 Å². The third-order valence-electron chi connectivity index (χ3n) is 2.61. The number of hydrogen-bond donors (Lipinski definition) is 1. The number of hydrogen-bond acceptors (Lipinski definition) is 4. The Labute approximate surface area is 90.3 Å². The van der Waals surface area contributed by atoms with Crippen molar-refractivity contribution in [2.24, 2.45) is 0 Å². The monoisotopic (exact) mass is 207 g/mol. The number of rotatable bonds is 3. The van der Waals surface area contributed by atoms with Gasteiger partial charge in [0.05, 0.1) is 6.61 Å². The Morgan fingerprint density at radius 3 is 3.40 bits per heavy atom. The van der Waals surface area contributed by atoms with Gasteiger partial charge in [0.25, 0.3) is 0 Å². The van der Waals surface area contributed by atoms with E-state index in [-0.39, 0.29) is 0 Å². The van der Waals surface area contributed by atoms with Crippen LogP contribution in [0.25, 0.3) is 0 Å². The fourth-order valence-corrected chi connectivity index (χ4v) is 1.82. The molecule has 1 aromatic rings. The summed E-state index contributed by atoms with van der Waals surface area (Å²) >= 11 is 0. The van der Waals surface area contributed by atoms with Gasteiger partial charge in [-0.2, -0.15) is 0 Å². The number of ether oxygens (including phenoxy) is 1. The van der Waals surface area contributed by atoms with Gasteiger partial charge < -0.3 is 15.0 Å². The highest BCUT2D eigenvalue weighted by Gasteiger charge is 2.14. The minimum Gasteiger partial charge on any atom is -0.383 e. The molecule has 4 heteroatoms. The number of methoxy groups -OCH3 is 1. The van der Waals surface area contributed by atoms with Gasteiger partial charge in [0.15, 0.2) is 0 Å². The molecule has 0 saturated heterocycles. The molecule has 0 amide bonds. The first kappa shape index (κ1) is 10.4. The van der Waals surface area contributed by atoms with Crippen LogP contribution in [0.5, 0.6) is 0 Å². The van der Waals surface area contributed by atoms with Crippen molar-refractivity contribution in [3.63, 3.8) is 0 Å². The zero-order valence-electron chi connectivity index (χ0n) is 9.07. The lowest BCUT2D eigenvalue weighted by Crippen LogP contribution is -2.32. The Morgan fingerprint density at radius 2 is 2.53 bits per heavy atom. The Kier molecular flexibility index (Phi) is 3.53. The van der Waals surface area contributed by atoms with Gasteiger partial charge in [0.1, 0.15) is 5.82 Å². The maximum absolute atomic E-state index is 5.11. The lowest BCUT2D eigenvalue weighted by Gasteiger charge is -2.22. The van der Waals surface area contributed by atoms with E-state index >= 15 is 0 Å². The maximum atomic E-state index is 5.11. The Morgan fingerprint density at radius 1 is 1.60 bits per heavy atom. The van der Waals surface area contributed by atoms with Gasteiger partial charge >= 0.3 is 0 Å². The highest BCUT2D eigenvalue weighted by Crippen LogP contribution is 2.18. The molecular formula is C11H17N3O. The highest BCUT2D eigenvalue weighted by molar-refractivity contribution is 5.47. The quantitative estimate of drug-likeness (QED) is 0.789. The van der Waals surface area contributed by atoms with Crippen LogP contribution in [0.2, 0.25) is 0 Å². The molecule has 4 nitrogen and oxygen atoms in total. The van der Waals surface area contributed by atoms with Crippen molar-refractivity contribution in [3.8, 4) is 0 Å². The summed E-state index contributed by atoms with van der Waals surface area (Å²) in [5.41, 5.74) is 1.27. The molecule has 1 aliphatic rings. The number of pyridine rings is 1. The molecule has 2 rings (SSSR count). The summed E-state index contributed by atoms with van der Waals surface area (Å²) in [5.74, 6) is 1.10. The van der Waals surface area contributed by atoms with Crippen molar-refractivity contribution in [3.05, 3.63) is 23.9 Å². The zero-order chi connectivity index (χ0) is 10.5. The minimum atomic E-state index is 0.746. The average molecular weight is 207 g/mol. The molecule has 0 spiro atoms. The van der Waals surface area contributed by atoms with Crippen molar-refractivity contribution in [2.45, 2.75) is 6.54 Å². The maximum Gasteiger partial charge on any atom is 0.133 e. The van der Waals surface area contributed by atoms with Crippen LogP contribution in [0.4, 0.5) is 5.82 Å². The van der Waals surface area contributed by atoms with Crippen LogP contribution >= 0.6 is 0 Å². The smallest absolute Gasteiger partial charge is 0.133 e. The first-order valence-electron chi connectivity index (χ1n) is 5.30. The van der Waals surface area contributed by atoms with Gasteiger partial charge in [-0.15, -0.1) is 0 Å². The van der Waals surface area contributed by atoms with Crippen LogP contribution in [0.15, 0.2) is 18.3 Å². The number of nitrogens with one attached hydrogen (secondary N) is 1. The third-order valence-corrected chi connectivity index (χ3v) is 2.61. The average Bonchev–Trinajstić information content (AvgIpc) is 2.49. The summed E-state index contributed by atoms with van der Waals surface area (Å²) in [6, 6.07) is 4.11. The molecule has 1 aromatic heterocycles. The number of anilines is 1. The largest absolute Gasteiger partial charge is 0.383 e. The minimum absolute atomic E-state index is 0.746. The molecule has 0 bridgehead atoms. The molecule has 0 saturated carbocycles. The number of nitrogens with zero attached hydrogens (tertiary/aromatic N) is 2. The fourth-order valence-electron chi connectivity index (χ4n) is 1.82. The predicted molar refractivity (Wildman–Crippen MR) is 60.0 cm³/mol. The molecule has 82 valence electrons. The van der Waals surface area contributed by atoms with E-state index in [0.29, 0.717) is 0 Å². The van der Waals surface area contributed by atoms with Gasteiger partial charge in [-0.1, -0.05) is 6.07 Å². The van der Waals surface area contributed by atoms with Crippen molar-refractivity contribution in [2.75, 3.05) is 38.3 Å². The SMILES string of the molecule is COCCN1CCNCc2cccnc21. The standard InChI is InChI=1S/C11H17N3O/c1-15-8-7-14-6-5-12-9-10-3-2-4-13-11(10)14/h2-4,12H,5-9H2,1H3. The molecule has 1 aliphatic heterocycles. The fraction of sp³-hybridized carbons (Fsp3) is 0.545. The van der Waals surface area contributed by atoms with Gasteiger partial charge in [-0.05, 0) is 6.07 Å². The van der Waals surface area contributed by atoms with E-state index in [1.807, 2.05) is 12.3 Å². The molecule has 0 aliphatic carbocycles. The zero-order valence-corrected chi connectivity index (χ0v) is 9.07. The van der Waals surface area contributed by atoms with Crippen molar-refractivity contribution in [1.29, 1.82) is 0 Å². The second kappa shape index (κ2) is 5.09. The summed E-state index contributed by atoms with van der Waals surface area (Å²) in [6.45, 7) is 4.55. The molecule has 0 fully saturated rings. The summed E-state index contributed by atoms with van der Waals surface area (Å²) in [4.78, 5) is 6.72. The molecule has 1 N–H and O–H groups in total. The summed E-state index contributed by atoms with van der Waals surface area (Å²) in [7, 11) is 1.73. The molecule has 0 aromatic carbocycles. The summed E-state index contributed by atoms with van der Waals surface area (Å²) in [6.07, 6.45) is 1.85. The normalized spacial score (nSPS) is 15.9. The Hall–Kier alpha value is -1.13. The Bertz CT molecular complexity index is 316. The van der Waals surface area contributed by atoms with Crippen LogP contribution in [-0.2, 0) is 11.3 Å². The van der Waals surface area contributed by atoms with Crippen LogP contribution in [0.3, 0.4) is 0 Å². The van der Waals surface area contributed by atoms with Crippen LogP contribution in [0.1, 0.15) is 5.56 Å².